The highest BCUT2D eigenvalue weighted by molar-refractivity contribution is 5.83. The lowest BCUT2D eigenvalue weighted by Gasteiger charge is -2.15. The van der Waals surface area contributed by atoms with Crippen molar-refractivity contribution in [3.63, 3.8) is 0 Å². The second-order valence-corrected chi connectivity index (χ2v) is 5.66. The highest BCUT2D eigenvalue weighted by Crippen LogP contribution is 2.11. The Balaban J connectivity index is 1.65. The number of benzene rings is 1. The van der Waals surface area contributed by atoms with Gasteiger partial charge in [0.15, 0.2) is 0 Å². The summed E-state index contributed by atoms with van der Waals surface area (Å²) in [4.78, 5) is 22.9. The summed E-state index contributed by atoms with van der Waals surface area (Å²) in [5, 5.41) is 9.90. The molecule has 122 valence electrons. The number of hydrogen-bond acceptors (Lipinski definition) is 4. The Morgan fingerprint density at radius 3 is 2.87 bits per heavy atom. The third-order valence-electron chi connectivity index (χ3n) is 3.65. The highest BCUT2D eigenvalue weighted by atomic mass is 16.5. The van der Waals surface area contributed by atoms with Crippen LogP contribution in [0.1, 0.15) is 31.2 Å². The first-order chi connectivity index (χ1) is 11.1. The van der Waals surface area contributed by atoms with Crippen molar-refractivity contribution in [2.45, 2.75) is 44.3 Å². The van der Waals surface area contributed by atoms with E-state index in [4.69, 9.17) is 4.74 Å². The van der Waals surface area contributed by atoms with E-state index in [9.17, 15) is 14.7 Å². The normalized spacial score (nSPS) is 18.8. The molecule has 0 fully saturated rings. The lowest BCUT2D eigenvalue weighted by atomic mass is 10.0. The van der Waals surface area contributed by atoms with Crippen LogP contribution >= 0.6 is 0 Å². The third-order valence-corrected chi connectivity index (χ3v) is 3.65. The molecule has 1 aliphatic heterocycles. The first-order valence-electron chi connectivity index (χ1n) is 7.91. The number of aliphatic hydroxyl groups excluding tert-OH is 1. The quantitative estimate of drug-likeness (QED) is 0.592. The zero-order valence-electron chi connectivity index (χ0n) is 13.1. The minimum Gasteiger partial charge on any atom is -0.455 e. The van der Waals surface area contributed by atoms with Gasteiger partial charge in [0.05, 0.1) is 6.10 Å². The number of esters is 1. The fraction of sp³-hybridized carbons (Fsp3) is 0.368. The molecular formula is C19H22O4. The molecule has 0 saturated carbocycles. The summed E-state index contributed by atoms with van der Waals surface area (Å²) in [6.45, 7) is 0. The first-order valence-corrected chi connectivity index (χ1v) is 7.91. The molecule has 2 rings (SSSR count). The Morgan fingerprint density at radius 2 is 2.13 bits per heavy atom. The number of carbonyl (C=O) groups is 2. The third kappa shape index (κ3) is 6.61. The summed E-state index contributed by atoms with van der Waals surface area (Å²) in [7, 11) is 0. The van der Waals surface area contributed by atoms with Crippen LogP contribution in [0, 0.1) is 0 Å². The molecular weight excluding hydrogens is 292 g/mol. The molecule has 0 aliphatic carbocycles. The smallest absolute Gasteiger partial charge is 0.331 e. The Morgan fingerprint density at radius 1 is 1.35 bits per heavy atom. The van der Waals surface area contributed by atoms with Gasteiger partial charge in [0, 0.05) is 25.3 Å². The molecule has 1 aliphatic rings. The van der Waals surface area contributed by atoms with Crippen LogP contribution in [0.3, 0.4) is 0 Å². The van der Waals surface area contributed by atoms with Gasteiger partial charge in [-0.2, -0.15) is 0 Å². The largest absolute Gasteiger partial charge is 0.455 e. The summed E-state index contributed by atoms with van der Waals surface area (Å²) in [5.41, 5.74) is 1.13. The van der Waals surface area contributed by atoms with Crippen LogP contribution in [-0.4, -0.2) is 29.1 Å². The molecule has 4 heteroatoms. The van der Waals surface area contributed by atoms with Gasteiger partial charge in [0.2, 0.25) is 0 Å². The van der Waals surface area contributed by atoms with E-state index in [1.165, 1.54) is 6.08 Å². The minimum absolute atomic E-state index is 0.0572. The fourth-order valence-electron chi connectivity index (χ4n) is 2.42. The molecule has 2 atom stereocenters. The number of ketones is 1. The SMILES string of the molecule is O=C(CCc1ccccc1)C[C@@H](O)C/C=C/[C@H]1CC=CC(=O)O1. The molecule has 1 aromatic rings. The van der Waals surface area contributed by atoms with Crippen molar-refractivity contribution < 1.29 is 19.4 Å². The first kappa shape index (κ1) is 17.2. The predicted molar refractivity (Wildman–Crippen MR) is 87.8 cm³/mol. The summed E-state index contributed by atoms with van der Waals surface area (Å²) >= 11 is 0. The summed E-state index contributed by atoms with van der Waals surface area (Å²) in [6, 6.07) is 9.83. The summed E-state index contributed by atoms with van der Waals surface area (Å²) < 4.78 is 5.08. The van der Waals surface area contributed by atoms with Gasteiger partial charge in [-0.05, 0) is 24.5 Å². The number of hydrogen-bond donors (Lipinski definition) is 1. The molecule has 0 bridgehead atoms. The zero-order valence-corrected chi connectivity index (χ0v) is 13.1. The topological polar surface area (TPSA) is 63.6 Å². The lowest BCUT2D eigenvalue weighted by Crippen LogP contribution is -2.18. The van der Waals surface area contributed by atoms with Gasteiger partial charge in [-0.1, -0.05) is 42.5 Å². The van der Waals surface area contributed by atoms with Crippen LogP contribution in [-0.2, 0) is 20.7 Å². The van der Waals surface area contributed by atoms with Crippen LogP contribution in [0.5, 0.6) is 0 Å². The van der Waals surface area contributed by atoms with E-state index in [0.717, 1.165) is 5.56 Å². The van der Waals surface area contributed by atoms with Crippen molar-refractivity contribution in [1.82, 2.24) is 0 Å². The number of aryl methyl sites for hydroxylation is 1. The van der Waals surface area contributed by atoms with Gasteiger partial charge in [-0.25, -0.2) is 4.79 Å². The number of rotatable bonds is 8. The maximum Gasteiger partial charge on any atom is 0.331 e. The molecule has 0 aromatic heterocycles. The molecule has 0 saturated heterocycles. The van der Waals surface area contributed by atoms with E-state index in [0.29, 0.717) is 25.7 Å². The molecule has 1 heterocycles. The average Bonchev–Trinajstić information content (AvgIpc) is 2.54. The van der Waals surface area contributed by atoms with Gasteiger partial charge in [0.25, 0.3) is 0 Å². The van der Waals surface area contributed by atoms with Crippen molar-refractivity contribution in [3.05, 3.63) is 60.2 Å². The van der Waals surface area contributed by atoms with Crippen molar-refractivity contribution in [1.29, 1.82) is 0 Å². The van der Waals surface area contributed by atoms with Crippen LogP contribution in [0.2, 0.25) is 0 Å². The average molecular weight is 314 g/mol. The summed E-state index contributed by atoms with van der Waals surface area (Å²) in [5.74, 6) is -0.288. The monoisotopic (exact) mass is 314 g/mol. The van der Waals surface area contributed by atoms with Gasteiger partial charge < -0.3 is 9.84 Å². The van der Waals surface area contributed by atoms with Crippen molar-refractivity contribution in [2.75, 3.05) is 0 Å². The summed E-state index contributed by atoms with van der Waals surface area (Å²) in [6.07, 6.45) is 8.07. The number of cyclic esters (lactones) is 1. The molecule has 0 unspecified atom stereocenters. The van der Waals surface area contributed by atoms with Crippen molar-refractivity contribution >= 4 is 11.8 Å². The Hall–Kier alpha value is -2.20. The second kappa shape index (κ2) is 9.06. The molecule has 0 radical (unpaired) electrons. The second-order valence-electron chi connectivity index (χ2n) is 5.66. The maximum absolute atomic E-state index is 11.9. The van der Waals surface area contributed by atoms with Crippen LogP contribution in [0.15, 0.2) is 54.6 Å². The molecule has 1 N–H and O–H groups in total. The van der Waals surface area contributed by atoms with Crippen LogP contribution in [0.4, 0.5) is 0 Å². The van der Waals surface area contributed by atoms with E-state index in [-0.39, 0.29) is 24.3 Å². The zero-order chi connectivity index (χ0) is 16.5. The Labute approximate surface area is 136 Å². The maximum atomic E-state index is 11.9. The van der Waals surface area contributed by atoms with Gasteiger partial charge in [-0.15, -0.1) is 0 Å². The Kier molecular flexibility index (Phi) is 6.76. The fourth-order valence-corrected chi connectivity index (χ4v) is 2.42. The van der Waals surface area contributed by atoms with E-state index in [1.54, 1.807) is 18.2 Å². The number of Topliss-reactive ketones (excluding diaryl/α,β-unsaturated/α-hetero) is 1. The molecule has 4 nitrogen and oxygen atoms in total. The highest BCUT2D eigenvalue weighted by Gasteiger charge is 2.13. The van der Waals surface area contributed by atoms with E-state index < -0.39 is 6.10 Å². The molecule has 0 amide bonds. The van der Waals surface area contributed by atoms with Crippen LogP contribution in [0.25, 0.3) is 0 Å². The van der Waals surface area contributed by atoms with Gasteiger partial charge in [0.1, 0.15) is 11.9 Å². The minimum atomic E-state index is -0.690. The standard InChI is InChI=1S/C19H22O4/c20-16(8-4-9-18-10-5-11-19(22)23-18)14-17(21)13-12-15-6-2-1-3-7-15/h1-7,9,11,16,18,20H,8,10,12-14H2/b9-4+/t16-,18-/m0/s1. The van der Waals surface area contributed by atoms with Gasteiger partial charge >= 0.3 is 5.97 Å². The number of carbonyl (C=O) groups excluding carboxylic acids is 2. The Bertz CT molecular complexity index is 574. The number of aliphatic hydroxyl groups is 1. The molecule has 1 aromatic carbocycles. The predicted octanol–water partition coefficient (Wildman–Crippen LogP) is 2.76. The molecule has 0 spiro atoms. The molecule has 23 heavy (non-hydrogen) atoms. The van der Waals surface area contributed by atoms with Gasteiger partial charge in [-0.3, -0.25) is 4.79 Å². The van der Waals surface area contributed by atoms with Crippen LogP contribution < -0.4 is 0 Å². The lowest BCUT2D eigenvalue weighted by molar-refractivity contribution is -0.141. The van der Waals surface area contributed by atoms with E-state index in [1.807, 2.05) is 30.3 Å². The number of ether oxygens (including phenoxy) is 1. The van der Waals surface area contributed by atoms with E-state index >= 15 is 0 Å². The van der Waals surface area contributed by atoms with Crippen molar-refractivity contribution in [3.8, 4) is 0 Å². The van der Waals surface area contributed by atoms with E-state index in [2.05, 4.69) is 0 Å². The van der Waals surface area contributed by atoms with Crippen molar-refractivity contribution in [2.24, 2.45) is 0 Å².